The van der Waals surface area contributed by atoms with E-state index in [1.807, 2.05) is 31.2 Å². The van der Waals surface area contributed by atoms with E-state index in [0.717, 1.165) is 30.8 Å². The van der Waals surface area contributed by atoms with Crippen molar-refractivity contribution in [3.8, 4) is 5.88 Å². The zero-order chi connectivity index (χ0) is 22.6. The number of pyridine rings is 1. The number of azo groups is 1. The molecule has 0 saturated carbocycles. The molecule has 1 aromatic heterocycles. The number of benzene rings is 1. The summed E-state index contributed by atoms with van der Waals surface area (Å²) in [5, 5.41) is 11.3. The van der Waals surface area contributed by atoms with E-state index in [1.165, 1.54) is 5.56 Å². The molecule has 2 heterocycles. The Morgan fingerprint density at radius 3 is 2.84 bits per heavy atom. The highest BCUT2D eigenvalue weighted by molar-refractivity contribution is 5.67. The Morgan fingerprint density at radius 1 is 1.22 bits per heavy atom. The Labute approximate surface area is 188 Å². The van der Waals surface area contributed by atoms with Crippen molar-refractivity contribution in [2.75, 3.05) is 51.0 Å². The molecule has 9 heteroatoms. The van der Waals surface area contributed by atoms with Gasteiger partial charge in [0.1, 0.15) is 13.2 Å². The van der Waals surface area contributed by atoms with Gasteiger partial charge < -0.3 is 24.4 Å². The average Bonchev–Trinajstić information content (AvgIpc) is 2.81. The van der Waals surface area contributed by atoms with Crippen molar-refractivity contribution in [2.24, 2.45) is 10.2 Å². The van der Waals surface area contributed by atoms with E-state index < -0.39 is 6.09 Å². The number of ether oxygens (including phenoxy) is 3. The van der Waals surface area contributed by atoms with Crippen molar-refractivity contribution in [2.45, 2.75) is 26.8 Å². The number of carbonyl (C=O) groups excluding carboxylic acids is 1. The van der Waals surface area contributed by atoms with Crippen LogP contribution in [0.3, 0.4) is 0 Å². The van der Waals surface area contributed by atoms with Gasteiger partial charge in [-0.15, -0.1) is 5.11 Å². The molecule has 1 aliphatic rings. The maximum absolute atomic E-state index is 11.5. The van der Waals surface area contributed by atoms with Gasteiger partial charge in [-0.1, -0.05) is 36.8 Å². The molecule has 1 aromatic carbocycles. The number of hydrogen-bond acceptors (Lipinski definition) is 8. The summed E-state index contributed by atoms with van der Waals surface area (Å²) in [6.45, 7) is 8.31. The zero-order valence-electron chi connectivity index (χ0n) is 18.7. The van der Waals surface area contributed by atoms with Gasteiger partial charge in [-0.2, -0.15) is 10.1 Å². The zero-order valence-corrected chi connectivity index (χ0v) is 18.7. The number of nitrogens with zero attached hydrogens (tertiary/aromatic N) is 4. The summed E-state index contributed by atoms with van der Waals surface area (Å²) >= 11 is 0. The Morgan fingerprint density at radius 2 is 2.06 bits per heavy atom. The molecule has 172 valence electrons. The molecule has 32 heavy (non-hydrogen) atoms. The van der Waals surface area contributed by atoms with Crippen molar-refractivity contribution in [3.63, 3.8) is 0 Å². The van der Waals surface area contributed by atoms with Crippen LogP contribution in [0.4, 0.5) is 16.3 Å². The van der Waals surface area contributed by atoms with Crippen LogP contribution >= 0.6 is 0 Å². The van der Waals surface area contributed by atoms with Crippen LogP contribution in [0.1, 0.15) is 24.5 Å². The van der Waals surface area contributed by atoms with Gasteiger partial charge in [0.15, 0.2) is 5.82 Å². The molecule has 3 rings (SSSR count). The first kappa shape index (κ1) is 23.5. The molecule has 0 atom stereocenters. The van der Waals surface area contributed by atoms with Crippen LogP contribution in [0, 0.1) is 6.92 Å². The predicted octanol–water partition coefficient (Wildman–Crippen LogP) is 4.03. The fourth-order valence-electron chi connectivity index (χ4n) is 3.17. The lowest BCUT2D eigenvalue weighted by molar-refractivity contribution is 0.122. The number of rotatable bonds is 10. The number of nitrogens with one attached hydrogen (secondary N) is 1. The van der Waals surface area contributed by atoms with Gasteiger partial charge >= 0.3 is 6.09 Å². The fourth-order valence-corrected chi connectivity index (χ4v) is 3.17. The van der Waals surface area contributed by atoms with E-state index in [1.54, 1.807) is 0 Å². The summed E-state index contributed by atoms with van der Waals surface area (Å²) in [5.41, 5.74) is 3.23. The molecule has 1 saturated heterocycles. The van der Waals surface area contributed by atoms with Crippen LogP contribution < -0.4 is 15.0 Å². The second-order valence-electron chi connectivity index (χ2n) is 7.42. The Hall–Kier alpha value is -3.20. The lowest BCUT2D eigenvalue weighted by Crippen LogP contribution is -2.36. The quantitative estimate of drug-likeness (QED) is 0.442. The molecule has 0 spiro atoms. The smallest absolute Gasteiger partial charge is 0.407 e. The topological polar surface area (TPSA) is 97.6 Å². The molecule has 1 N–H and O–H groups in total. The molecule has 1 amide bonds. The minimum absolute atomic E-state index is 0.128. The molecule has 0 unspecified atom stereocenters. The monoisotopic (exact) mass is 441 g/mol. The molecule has 0 bridgehead atoms. The van der Waals surface area contributed by atoms with E-state index in [9.17, 15) is 4.79 Å². The first-order chi connectivity index (χ1) is 15.6. The SMILES string of the molecule is CCCNC(=O)OCCOc1cc(N2CCOCC2)cc(N=NCc2cccc(C)c2)n1. The highest BCUT2D eigenvalue weighted by Gasteiger charge is 2.14. The van der Waals surface area contributed by atoms with Gasteiger partial charge in [0.2, 0.25) is 5.88 Å². The molecule has 1 fully saturated rings. The number of aryl methyl sites for hydroxylation is 1. The van der Waals surface area contributed by atoms with Gasteiger partial charge in [0, 0.05) is 37.5 Å². The molecular weight excluding hydrogens is 410 g/mol. The second-order valence-corrected chi connectivity index (χ2v) is 7.42. The third kappa shape index (κ3) is 7.81. The lowest BCUT2D eigenvalue weighted by Gasteiger charge is -2.29. The van der Waals surface area contributed by atoms with Crippen LogP contribution in [0.25, 0.3) is 0 Å². The summed E-state index contributed by atoms with van der Waals surface area (Å²) < 4.78 is 16.3. The Bertz CT molecular complexity index is 900. The summed E-state index contributed by atoms with van der Waals surface area (Å²) in [4.78, 5) is 18.2. The molecule has 2 aromatic rings. The first-order valence-corrected chi connectivity index (χ1v) is 11.0. The number of hydrogen-bond donors (Lipinski definition) is 1. The van der Waals surface area contributed by atoms with E-state index in [-0.39, 0.29) is 13.2 Å². The third-order valence-corrected chi connectivity index (χ3v) is 4.74. The van der Waals surface area contributed by atoms with Gasteiger partial charge in [0.05, 0.1) is 19.8 Å². The van der Waals surface area contributed by atoms with Crippen LogP contribution in [-0.4, -0.2) is 57.1 Å². The summed E-state index contributed by atoms with van der Waals surface area (Å²) in [6, 6.07) is 11.9. The van der Waals surface area contributed by atoms with Crippen molar-refractivity contribution >= 4 is 17.6 Å². The number of morpholine rings is 1. The first-order valence-electron chi connectivity index (χ1n) is 11.0. The second kappa shape index (κ2) is 12.6. The molecule has 0 aliphatic carbocycles. The van der Waals surface area contributed by atoms with Crippen molar-refractivity contribution in [1.29, 1.82) is 0 Å². The van der Waals surface area contributed by atoms with Gasteiger partial charge in [0.25, 0.3) is 0 Å². The van der Waals surface area contributed by atoms with Crippen molar-refractivity contribution in [1.82, 2.24) is 10.3 Å². The van der Waals surface area contributed by atoms with E-state index in [4.69, 9.17) is 14.2 Å². The van der Waals surface area contributed by atoms with E-state index >= 15 is 0 Å². The summed E-state index contributed by atoms with van der Waals surface area (Å²) in [6.07, 6.45) is 0.404. The minimum atomic E-state index is -0.448. The van der Waals surface area contributed by atoms with E-state index in [2.05, 4.69) is 44.5 Å². The average molecular weight is 442 g/mol. The number of amides is 1. The Kier molecular flexibility index (Phi) is 9.24. The van der Waals surface area contributed by atoms with Crippen LogP contribution in [-0.2, 0) is 16.0 Å². The normalized spacial score (nSPS) is 13.9. The minimum Gasteiger partial charge on any atom is -0.474 e. The van der Waals surface area contributed by atoms with Gasteiger partial charge in [-0.25, -0.2) is 4.79 Å². The molecule has 0 radical (unpaired) electrons. The summed E-state index contributed by atoms with van der Waals surface area (Å²) in [7, 11) is 0. The van der Waals surface area contributed by atoms with Gasteiger partial charge in [-0.3, -0.25) is 0 Å². The highest BCUT2D eigenvalue weighted by Crippen LogP contribution is 2.26. The molecular formula is C23H31N5O4. The van der Waals surface area contributed by atoms with Crippen LogP contribution in [0.2, 0.25) is 0 Å². The van der Waals surface area contributed by atoms with Crippen LogP contribution in [0.5, 0.6) is 5.88 Å². The number of aromatic nitrogens is 1. The molecule has 1 aliphatic heterocycles. The molecule has 9 nitrogen and oxygen atoms in total. The highest BCUT2D eigenvalue weighted by atomic mass is 16.6. The Balaban J connectivity index is 1.64. The van der Waals surface area contributed by atoms with Gasteiger partial charge in [-0.05, 0) is 18.9 Å². The van der Waals surface area contributed by atoms with E-state index in [0.29, 0.717) is 38.0 Å². The maximum Gasteiger partial charge on any atom is 0.407 e. The predicted molar refractivity (Wildman–Crippen MR) is 122 cm³/mol. The number of anilines is 1. The fraction of sp³-hybridized carbons (Fsp3) is 0.478. The number of alkyl carbamates (subject to hydrolysis) is 1. The maximum atomic E-state index is 11.5. The van der Waals surface area contributed by atoms with Crippen molar-refractivity contribution in [3.05, 3.63) is 47.5 Å². The van der Waals surface area contributed by atoms with Crippen molar-refractivity contribution < 1.29 is 19.0 Å². The van der Waals surface area contributed by atoms with Crippen LogP contribution in [0.15, 0.2) is 46.6 Å². The standard InChI is InChI=1S/C23H31N5O4/c1-3-7-24-23(29)32-13-12-31-22-16-20(28-8-10-30-11-9-28)15-21(26-22)27-25-17-19-6-4-5-18(2)14-19/h4-6,14-16H,3,7-13,17H2,1-2H3,(H,24,29). The third-order valence-electron chi connectivity index (χ3n) is 4.74. The largest absolute Gasteiger partial charge is 0.474 e. The lowest BCUT2D eigenvalue weighted by atomic mass is 10.1. The number of carbonyl (C=O) groups is 1. The summed E-state index contributed by atoms with van der Waals surface area (Å²) in [5.74, 6) is 0.884.